The fourth-order valence-corrected chi connectivity index (χ4v) is 2.62. The topological polar surface area (TPSA) is 149 Å². The summed E-state index contributed by atoms with van der Waals surface area (Å²) in [7, 11) is 0. The molecule has 9 nitrogen and oxygen atoms in total. The second-order valence-electron chi connectivity index (χ2n) is 9.12. The number of hydrogen-bond donors (Lipinski definition) is 7. The molecule has 0 aliphatic carbocycles. The lowest BCUT2D eigenvalue weighted by Gasteiger charge is -2.28. The first-order valence-electron chi connectivity index (χ1n) is 9.92. The summed E-state index contributed by atoms with van der Waals surface area (Å²) in [4.78, 5) is 24.6. The van der Waals surface area contributed by atoms with Gasteiger partial charge in [0.2, 0.25) is 11.8 Å². The molecule has 9 heteroatoms. The average molecular weight is 404 g/mol. The van der Waals surface area contributed by atoms with Crippen LogP contribution in [-0.2, 0) is 9.59 Å². The molecule has 8 N–H and O–H groups in total. The molecule has 0 saturated carbocycles. The van der Waals surface area contributed by atoms with Crippen LogP contribution in [0.4, 0.5) is 0 Å². The first-order chi connectivity index (χ1) is 12.7. The Bertz CT molecular complexity index is 472. The first-order valence-corrected chi connectivity index (χ1v) is 9.92. The highest BCUT2D eigenvalue weighted by Crippen LogP contribution is 2.07. The van der Waals surface area contributed by atoms with Crippen LogP contribution in [0.15, 0.2) is 0 Å². The van der Waals surface area contributed by atoms with Crippen molar-refractivity contribution in [3.05, 3.63) is 0 Å². The Kier molecular flexibility index (Phi) is 11.8. The Morgan fingerprint density at radius 3 is 1.64 bits per heavy atom. The van der Waals surface area contributed by atoms with E-state index in [-0.39, 0.29) is 35.9 Å². The minimum Gasteiger partial charge on any atom is -0.368 e. The summed E-state index contributed by atoms with van der Waals surface area (Å²) >= 11 is 0. The van der Waals surface area contributed by atoms with Crippen LogP contribution in [0, 0.1) is 0 Å². The van der Waals surface area contributed by atoms with Crippen LogP contribution in [0.1, 0.15) is 60.8 Å². The Hall–Kier alpha value is -1.26. The molecule has 2 atom stereocenters. The number of amides is 2. The van der Waals surface area contributed by atoms with E-state index in [4.69, 9.17) is 15.9 Å². The van der Waals surface area contributed by atoms with E-state index in [0.29, 0.717) is 25.9 Å². The maximum absolute atomic E-state index is 12.4. The molecule has 0 rings (SSSR count). The number of carbonyl (C=O) groups excluding carboxylic acids is 2. The molecule has 0 radical (unpaired) electrons. The van der Waals surface area contributed by atoms with Gasteiger partial charge >= 0.3 is 0 Å². The van der Waals surface area contributed by atoms with Gasteiger partial charge in [-0.2, -0.15) is 0 Å². The van der Waals surface area contributed by atoms with Gasteiger partial charge in [-0.15, -0.1) is 0 Å². The van der Waals surface area contributed by atoms with Crippen molar-refractivity contribution in [2.75, 3.05) is 19.6 Å². The van der Waals surface area contributed by atoms with Crippen molar-refractivity contribution < 1.29 is 19.8 Å². The lowest BCUT2D eigenvalue weighted by molar-refractivity contribution is -0.124. The van der Waals surface area contributed by atoms with Crippen LogP contribution in [0.3, 0.4) is 0 Å². The zero-order valence-corrected chi connectivity index (χ0v) is 18.3. The normalized spacial score (nSPS) is 14.6. The van der Waals surface area contributed by atoms with Gasteiger partial charge in [0.05, 0.1) is 12.1 Å². The molecule has 0 fully saturated rings. The van der Waals surface area contributed by atoms with E-state index in [9.17, 15) is 9.59 Å². The zero-order valence-electron chi connectivity index (χ0n) is 18.3. The molecule has 28 heavy (non-hydrogen) atoms. The van der Waals surface area contributed by atoms with Crippen LogP contribution in [0.2, 0.25) is 0 Å². The highest BCUT2D eigenvalue weighted by Gasteiger charge is 2.24. The Morgan fingerprint density at radius 2 is 1.25 bits per heavy atom. The van der Waals surface area contributed by atoms with Gasteiger partial charge < -0.3 is 37.2 Å². The highest BCUT2D eigenvalue weighted by atomic mass is 16.5. The third-order valence-corrected chi connectivity index (χ3v) is 3.75. The number of aliphatic hydroxyl groups excluding tert-OH is 1. The Labute approximate surface area is 169 Å². The van der Waals surface area contributed by atoms with Crippen LogP contribution in [0.5, 0.6) is 0 Å². The molecule has 0 aromatic heterocycles. The van der Waals surface area contributed by atoms with Crippen LogP contribution in [0.25, 0.3) is 0 Å². The van der Waals surface area contributed by atoms with E-state index in [1.807, 2.05) is 41.5 Å². The largest absolute Gasteiger partial charge is 0.368 e. The maximum atomic E-state index is 12.4. The summed E-state index contributed by atoms with van der Waals surface area (Å²) in [5, 5.41) is 30.1. The summed E-state index contributed by atoms with van der Waals surface area (Å²) in [5.41, 5.74) is 5.16. The predicted octanol–water partition coefficient (Wildman–Crippen LogP) is -0.828. The molecule has 0 saturated heterocycles. The van der Waals surface area contributed by atoms with Gasteiger partial charge in [0.25, 0.3) is 0 Å². The summed E-state index contributed by atoms with van der Waals surface area (Å²) in [5.74, 6) is -0.357. The molecular weight excluding hydrogens is 362 g/mol. The average Bonchev–Trinajstić information content (AvgIpc) is 2.53. The number of aliphatic hydroxyl groups is 2. The summed E-state index contributed by atoms with van der Waals surface area (Å²) < 4.78 is 0. The smallest absolute Gasteiger partial charge is 0.238 e. The van der Waals surface area contributed by atoms with Crippen molar-refractivity contribution in [2.24, 2.45) is 5.73 Å². The van der Waals surface area contributed by atoms with Gasteiger partial charge in [0.15, 0.2) is 6.29 Å². The molecule has 0 aliphatic heterocycles. The first kappa shape index (κ1) is 26.7. The molecule has 2 amide bonds. The molecule has 0 unspecified atom stereocenters. The van der Waals surface area contributed by atoms with Gasteiger partial charge in [-0.1, -0.05) is 0 Å². The fraction of sp³-hybridized carbons (Fsp3) is 0.895. The molecule has 0 aromatic carbocycles. The third kappa shape index (κ3) is 13.8. The SMILES string of the molecule is CC(C)(C)N[C@@H](CN)C(=O)NCCCNC(=O)[C@H](CCC(O)O)NC(C)(C)C. The molecule has 0 bridgehead atoms. The molecule has 0 spiro atoms. The molecule has 0 aliphatic rings. The fourth-order valence-electron chi connectivity index (χ4n) is 2.62. The van der Waals surface area contributed by atoms with Gasteiger partial charge in [0, 0.05) is 30.7 Å². The van der Waals surface area contributed by atoms with Gasteiger partial charge in [-0.05, 0) is 60.8 Å². The minimum absolute atomic E-state index is 0.110. The molecule has 0 aromatic rings. The number of nitrogens with two attached hydrogens (primary N) is 1. The number of carbonyl (C=O) groups is 2. The Balaban J connectivity index is 4.33. The minimum atomic E-state index is -1.44. The van der Waals surface area contributed by atoms with Crippen molar-refractivity contribution in [3.63, 3.8) is 0 Å². The number of rotatable bonds is 12. The van der Waals surface area contributed by atoms with Crippen LogP contribution < -0.4 is 27.0 Å². The van der Waals surface area contributed by atoms with Crippen LogP contribution >= 0.6 is 0 Å². The van der Waals surface area contributed by atoms with Crippen LogP contribution in [-0.4, -0.2) is 71.1 Å². The predicted molar refractivity (Wildman–Crippen MR) is 111 cm³/mol. The van der Waals surface area contributed by atoms with Crippen molar-refractivity contribution in [2.45, 2.75) is 90.3 Å². The zero-order chi connectivity index (χ0) is 22.0. The van der Waals surface area contributed by atoms with Crippen molar-refractivity contribution in [1.82, 2.24) is 21.3 Å². The van der Waals surface area contributed by atoms with Gasteiger partial charge in [-0.3, -0.25) is 9.59 Å². The van der Waals surface area contributed by atoms with E-state index in [1.165, 1.54) is 0 Å². The molecule has 166 valence electrons. The van der Waals surface area contributed by atoms with E-state index >= 15 is 0 Å². The molecule has 0 heterocycles. The maximum Gasteiger partial charge on any atom is 0.238 e. The summed E-state index contributed by atoms with van der Waals surface area (Å²) in [6.07, 6.45) is -0.439. The summed E-state index contributed by atoms with van der Waals surface area (Å²) in [6, 6.07) is -0.978. The van der Waals surface area contributed by atoms with Crippen molar-refractivity contribution >= 4 is 11.8 Å². The van der Waals surface area contributed by atoms with E-state index in [1.54, 1.807) is 0 Å². The Morgan fingerprint density at radius 1 is 0.821 bits per heavy atom. The lowest BCUT2D eigenvalue weighted by atomic mass is 10.0. The second-order valence-corrected chi connectivity index (χ2v) is 9.12. The number of nitrogens with one attached hydrogen (secondary N) is 4. The van der Waals surface area contributed by atoms with Gasteiger partial charge in [0.1, 0.15) is 0 Å². The number of hydrogen-bond acceptors (Lipinski definition) is 7. The lowest BCUT2D eigenvalue weighted by Crippen LogP contribution is -2.55. The second kappa shape index (κ2) is 12.3. The van der Waals surface area contributed by atoms with Crippen molar-refractivity contribution in [1.29, 1.82) is 0 Å². The monoisotopic (exact) mass is 403 g/mol. The van der Waals surface area contributed by atoms with Crippen molar-refractivity contribution in [3.8, 4) is 0 Å². The summed E-state index contributed by atoms with van der Waals surface area (Å²) in [6.45, 7) is 12.8. The van der Waals surface area contributed by atoms with E-state index in [0.717, 1.165) is 0 Å². The quantitative estimate of drug-likeness (QED) is 0.166. The highest BCUT2D eigenvalue weighted by molar-refractivity contribution is 5.82. The van der Waals surface area contributed by atoms with Gasteiger partial charge in [-0.25, -0.2) is 0 Å². The third-order valence-electron chi connectivity index (χ3n) is 3.75. The standard InChI is InChI=1S/C19H41N5O4/c1-18(2,3)23-13(8-9-15(25)26)16(27)21-10-7-11-22-17(28)14(12-20)24-19(4,5)6/h13-15,23-26H,7-12,20H2,1-6H3,(H,21,27)(H,22,28)/t13-,14-/m0/s1. The molecular formula is C19H41N5O4. The van der Waals surface area contributed by atoms with E-state index in [2.05, 4.69) is 21.3 Å². The van der Waals surface area contributed by atoms with E-state index < -0.39 is 18.4 Å².